The Kier molecular flexibility index (Phi) is 6.89. The second-order valence-corrected chi connectivity index (χ2v) is 8.25. The average molecular weight is 470 g/mol. The lowest BCUT2D eigenvalue weighted by molar-refractivity contribution is -0.123. The predicted molar refractivity (Wildman–Crippen MR) is 103 cm³/mol. The Bertz CT molecular complexity index is 1060. The third kappa shape index (κ3) is 5.33. The molecular weight excluding hydrogens is 458 g/mol. The molecule has 0 aromatic heterocycles. The first-order valence-electron chi connectivity index (χ1n) is 7.39. The number of ether oxygens (including phenoxy) is 1. The van der Waals surface area contributed by atoms with E-state index in [9.17, 15) is 22.4 Å². The number of carbonyl (C=O) groups is 2. The van der Waals surface area contributed by atoms with Gasteiger partial charge in [-0.25, -0.2) is 22.7 Å². The summed E-state index contributed by atoms with van der Waals surface area (Å²) in [7, 11) is -4.17. The topological polar surface area (TPSA) is 116 Å². The van der Waals surface area contributed by atoms with Crippen molar-refractivity contribution in [3.05, 3.63) is 56.8 Å². The lowest BCUT2D eigenvalue weighted by atomic mass is 10.2. The van der Waals surface area contributed by atoms with Crippen LogP contribution in [0, 0.1) is 5.82 Å². The monoisotopic (exact) mass is 468 g/mol. The highest BCUT2D eigenvalue weighted by atomic mass is 35.5. The van der Waals surface area contributed by atoms with Crippen molar-refractivity contribution < 1.29 is 27.1 Å². The van der Waals surface area contributed by atoms with Gasteiger partial charge in [-0.15, -0.1) is 0 Å². The Labute approximate surface area is 174 Å². The molecule has 2 rings (SSSR count). The molecule has 0 saturated carbocycles. The van der Waals surface area contributed by atoms with Crippen LogP contribution in [0.5, 0.6) is 0 Å². The molecule has 150 valence electrons. The molecule has 0 heterocycles. The van der Waals surface area contributed by atoms with Crippen molar-refractivity contribution in [2.24, 2.45) is 5.14 Å². The molecule has 0 aliphatic heterocycles. The Balaban J connectivity index is 2.16. The Morgan fingerprint density at radius 1 is 1.11 bits per heavy atom. The van der Waals surface area contributed by atoms with Crippen molar-refractivity contribution in [3.63, 3.8) is 0 Å². The predicted octanol–water partition coefficient (Wildman–Crippen LogP) is 3.62. The van der Waals surface area contributed by atoms with E-state index >= 15 is 0 Å². The molecular formula is C16H12Cl3FN2O5S. The number of hydrogen-bond acceptors (Lipinski definition) is 5. The third-order valence-electron chi connectivity index (χ3n) is 3.41. The molecule has 0 aliphatic carbocycles. The smallest absolute Gasteiger partial charge is 0.341 e. The van der Waals surface area contributed by atoms with Gasteiger partial charge < -0.3 is 10.1 Å². The maximum Gasteiger partial charge on any atom is 0.341 e. The van der Waals surface area contributed by atoms with Crippen LogP contribution in [0.1, 0.15) is 17.3 Å². The molecule has 0 spiro atoms. The lowest BCUT2D eigenvalue weighted by Gasteiger charge is -2.15. The van der Waals surface area contributed by atoms with E-state index in [-0.39, 0.29) is 20.8 Å². The number of sulfonamides is 1. The van der Waals surface area contributed by atoms with Gasteiger partial charge in [-0.3, -0.25) is 4.79 Å². The molecule has 12 heteroatoms. The quantitative estimate of drug-likeness (QED) is 0.512. The number of amides is 1. The minimum atomic E-state index is -4.17. The maximum absolute atomic E-state index is 13.9. The third-order valence-corrected chi connectivity index (χ3v) is 5.35. The van der Waals surface area contributed by atoms with E-state index in [1.54, 1.807) is 0 Å². The van der Waals surface area contributed by atoms with E-state index in [0.717, 1.165) is 12.1 Å². The number of nitrogens with two attached hydrogens (primary N) is 1. The van der Waals surface area contributed by atoms with Crippen LogP contribution < -0.4 is 10.5 Å². The van der Waals surface area contributed by atoms with Gasteiger partial charge in [-0.05, 0) is 37.3 Å². The van der Waals surface area contributed by atoms with Crippen molar-refractivity contribution in [1.82, 2.24) is 0 Å². The summed E-state index contributed by atoms with van der Waals surface area (Å²) in [5, 5.41) is 7.73. The number of benzene rings is 2. The van der Waals surface area contributed by atoms with E-state index in [4.69, 9.17) is 44.7 Å². The highest BCUT2D eigenvalue weighted by Crippen LogP contribution is 2.32. The summed E-state index contributed by atoms with van der Waals surface area (Å²) in [6.07, 6.45) is -1.38. The standard InChI is InChI=1S/C16H12Cl3FN2O5S/c1-7(15(23)22-14-6-11(18)10(17)5-12(14)19)27-16(24)9-4-8(28(21,25)26)2-3-13(9)20/h2-7H,1H3,(H,22,23)(H2,21,25,26). The fourth-order valence-corrected chi connectivity index (χ4v) is 3.10. The van der Waals surface area contributed by atoms with Gasteiger partial charge >= 0.3 is 5.97 Å². The molecule has 1 atom stereocenters. The summed E-state index contributed by atoms with van der Waals surface area (Å²) < 4.78 is 41.4. The van der Waals surface area contributed by atoms with Gasteiger partial charge in [0, 0.05) is 0 Å². The molecule has 0 bridgehead atoms. The SMILES string of the molecule is CC(OC(=O)c1cc(S(N)(=O)=O)ccc1F)C(=O)Nc1cc(Cl)c(Cl)cc1Cl. The molecule has 7 nitrogen and oxygen atoms in total. The van der Waals surface area contributed by atoms with Crippen LogP contribution in [0.2, 0.25) is 15.1 Å². The zero-order valence-corrected chi connectivity index (χ0v) is 17.1. The van der Waals surface area contributed by atoms with Crippen molar-refractivity contribution >= 4 is 62.4 Å². The fraction of sp³-hybridized carbons (Fsp3) is 0.125. The number of esters is 1. The Morgan fingerprint density at radius 3 is 2.32 bits per heavy atom. The van der Waals surface area contributed by atoms with Crippen LogP contribution in [0.25, 0.3) is 0 Å². The van der Waals surface area contributed by atoms with Gasteiger partial charge in [0.15, 0.2) is 6.10 Å². The zero-order valence-electron chi connectivity index (χ0n) is 14.0. The van der Waals surface area contributed by atoms with Crippen LogP contribution in [-0.4, -0.2) is 26.4 Å². The second kappa shape index (κ2) is 8.62. The van der Waals surface area contributed by atoms with Crippen LogP contribution in [0.4, 0.5) is 10.1 Å². The van der Waals surface area contributed by atoms with Crippen LogP contribution in [0.3, 0.4) is 0 Å². The molecule has 0 fully saturated rings. The largest absolute Gasteiger partial charge is 0.449 e. The summed E-state index contributed by atoms with van der Waals surface area (Å²) in [6, 6.07) is 4.97. The number of carbonyl (C=O) groups excluding carboxylic acids is 2. The minimum absolute atomic E-state index is 0.0909. The molecule has 1 amide bonds. The van der Waals surface area contributed by atoms with Gasteiger partial charge in [0.2, 0.25) is 10.0 Å². The summed E-state index contributed by atoms with van der Waals surface area (Å²) in [6.45, 7) is 1.22. The Hall–Kier alpha value is -1.91. The van der Waals surface area contributed by atoms with Gasteiger partial charge in [-0.2, -0.15) is 0 Å². The van der Waals surface area contributed by atoms with E-state index in [1.807, 2.05) is 0 Å². The Morgan fingerprint density at radius 2 is 1.71 bits per heavy atom. The first kappa shape index (κ1) is 22.4. The summed E-state index contributed by atoms with van der Waals surface area (Å²) in [5.74, 6) is -3.10. The van der Waals surface area contributed by atoms with E-state index in [2.05, 4.69) is 5.32 Å². The second-order valence-electron chi connectivity index (χ2n) is 5.47. The van der Waals surface area contributed by atoms with E-state index in [0.29, 0.717) is 6.07 Å². The summed E-state index contributed by atoms with van der Waals surface area (Å²) in [5.41, 5.74) is -0.579. The minimum Gasteiger partial charge on any atom is -0.449 e. The van der Waals surface area contributed by atoms with Crippen LogP contribution in [-0.2, 0) is 19.6 Å². The lowest BCUT2D eigenvalue weighted by Crippen LogP contribution is -2.30. The first-order chi connectivity index (χ1) is 12.9. The molecule has 0 radical (unpaired) electrons. The average Bonchev–Trinajstić information content (AvgIpc) is 2.58. The molecule has 2 aromatic carbocycles. The van der Waals surface area contributed by atoms with Gasteiger partial charge in [0.1, 0.15) is 5.82 Å². The van der Waals surface area contributed by atoms with Gasteiger partial charge in [0.05, 0.1) is 31.2 Å². The highest BCUT2D eigenvalue weighted by Gasteiger charge is 2.23. The van der Waals surface area contributed by atoms with Crippen molar-refractivity contribution in [3.8, 4) is 0 Å². The number of rotatable bonds is 5. The molecule has 0 saturated heterocycles. The summed E-state index contributed by atoms with van der Waals surface area (Å²) >= 11 is 17.6. The number of nitrogens with one attached hydrogen (secondary N) is 1. The summed E-state index contributed by atoms with van der Waals surface area (Å²) in [4.78, 5) is 23.9. The number of hydrogen-bond donors (Lipinski definition) is 2. The molecule has 28 heavy (non-hydrogen) atoms. The van der Waals surface area contributed by atoms with Crippen LogP contribution in [0.15, 0.2) is 35.2 Å². The maximum atomic E-state index is 13.9. The molecule has 1 unspecified atom stereocenters. The van der Waals surface area contributed by atoms with Crippen molar-refractivity contribution in [1.29, 1.82) is 0 Å². The van der Waals surface area contributed by atoms with E-state index in [1.165, 1.54) is 19.1 Å². The first-order valence-corrected chi connectivity index (χ1v) is 10.1. The van der Waals surface area contributed by atoms with Gasteiger partial charge in [0.25, 0.3) is 5.91 Å². The van der Waals surface area contributed by atoms with Crippen molar-refractivity contribution in [2.45, 2.75) is 17.9 Å². The fourth-order valence-electron chi connectivity index (χ4n) is 1.97. The zero-order chi connectivity index (χ0) is 21.2. The number of halogens is 4. The van der Waals surface area contributed by atoms with Gasteiger partial charge in [-0.1, -0.05) is 34.8 Å². The normalized spacial score (nSPS) is 12.4. The number of primary sulfonamides is 1. The van der Waals surface area contributed by atoms with E-state index < -0.39 is 44.3 Å². The molecule has 2 aromatic rings. The number of anilines is 1. The highest BCUT2D eigenvalue weighted by molar-refractivity contribution is 7.89. The molecule has 0 aliphatic rings. The molecule has 3 N–H and O–H groups in total. The van der Waals surface area contributed by atoms with Crippen LogP contribution >= 0.6 is 34.8 Å². The van der Waals surface area contributed by atoms with Crippen molar-refractivity contribution in [2.75, 3.05) is 5.32 Å².